The molecule has 2 aliphatic heterocycles. The number of piperidine rings is 1. The molecule has 1 aromatic carbocycles. The summed E-state index contributed by atoms with van der Waals surface area (Å²) in [6, 6.07) is 6.63. The van der Waals surface area contributed by atoms with Crippen molar-refractivity contribution in [2.75, 3.05) is 19.8 Å². The molecule has 1 unspecified atom stereocenters. The van der Waals surface area contributed by atoms with Gasteiger partial charge in [-0.05, 0) is 25.5 Å². The minimum Gasteiger partial charge on any atom is -0.486 e. The molecule has 3 heteroatoms. The van der Waals surface area contributed by atoms with Gasteiger partial charge in [0.2, 0.25) is 0 Å². The standard InChI is InChI=1S/C13H17NO2/c1-2-7-14-11(5-1)10-4-3-6-12-13(10)16-9-8-15-12/h3-4,6,11,14H,1-2,5,7-9H2. The number of hydrogen-bond donors (Lipinski definition) is 1. The maximum atomic E-state index is 5.74. The predicted octanol–water partition coefficient (Wildman–Crippen LogP) is 2.27. The van der Waals surface area contributed by atoms with E-state index in [2.05, 4.69) is 17.4 Å². The maximum Gasteiger partial charge on any atom is 0.166 e. The number of ether oxygens (including phenoxy) is 2. The normalized spacial score (nSPS) is 24.1. The van der Waals surface area contributed by atoms with E-state index in [4.69, 9.17) is 9.47 Å². The highest BCUT2D eigenvalue weighted by Crippen LogP contribution is 2.38. The van der Waals surface area contributed by atoms with Crippen molar-refractivity contribution in [3.8, 4) is 11.5 Å². The molecule has 1 aromatic rings. The molecule has 0 radical (unpaired) electrons. The Balaban J connectivity index is 1.93. The first-order valence-corrected chi connectivity index (χ1v) is 6.07. The molecule has 3 nitrogen and oxygen atoms in total. The monoisotopic (exact) mass is 219 g/mol. The lowest BCUT2D eigenvalue weighted by Gasteiger charge is -2.28. The van der Waals surface area contributed by atoms with Gasteiger partial charge in [0.05, 0.1) is 0 Å². The van der Waals surface area contributed by atoms with Crippen LogP contribution in [0.15, 0.2) is 18.2 Å². The zero-order valence-electron chi connectivity index (χ0n) is 9.37. The quantitative estimate of drug-likeness (QED) is 0.786. The molecular weight excluding hydrogens is 202 g/mol. The van der Waals surface area contributed by atoms with Gasteiger partial charge in [-0.15, -0.1) is 0 Å². The summed E-state index contributed by atoms with van der Waals surface area (Å²) in [5, 5.41) is 3.55. The molecule has 0 amide bonds. The molecule has 0 spiro atoms. The molecule has 0 aliphatic carbocycles. The number of nitrogens with one attached hydrogen (secondary N) is 1. The highest BCUT2D eigenvalue weighted by molar-refractivity contribution is 5.49. The Kier molecular flexibility index (Phi) is 2.70. The van der Waals surface area contributed by atoms with Crippen LogP contribution in [0.25, 0.3) is 0 Å². The van der Waals surface area contributed by atoms with Crippen LogP contribution in [0, 0.1) is 0 Å². The highest BCUT2D eigenvalue weighted by atomic mass is 16.6. The predicted molar refractivity (Wildman–Crippen MR) is 62.0 cm³/mol. The van der Waals surface area contributed by atoms with Crippen molar-refractivity contribution in [2.24, 2.45) is 0 Å². The van der Waals surface area contributed by atoms with Crippen molar-refractivity contribution in [1.29, 1.82) is 0 Å². The van der Waals surface area contributed by atoms with E-state index in [0.29, 0.717) is 19.3 Å². The lowest BCUT2D eigenvalue weighted by Crippen LogP contribution is -2.28. The van der Waals surface area contributed by atoms with E-state index in [1.54, 1.807) is 0 Å². The molecule has 0 bridgehead atoms. The lowest BCUT2D eigenvalue weighted by molar-refractivity contribution is 0.168. The zero-order chi connectivity index (χ0) is 10.8. The van der Waals surface area contributed by atoms with Crippen molar-refractivity contribution in [3.63, 3.8) is 0 Å². The fourth-order valence-corrected chi connectivity index (χ4v) is 2.49. The zero-order valence-corrected chi connectivity index (χ0v) is 9.37. The van der Waals surface area contributed by atoms with Gasteiger partial charge in [-0.25, -0.2) is 0 Å². The van der Waals surface area contributed by atoms with E-state index >= 15 is 0 Å². The van der Waals surface area contributed by atoms with Gasteiger partial charge in [-0.2, -0.15) is 0 Å². The van der Waals surface area contributed by atoms with Crippen molar-refractivity contribution < 1.29 is 9.47 Å². The Labute approximate surface area is 95.8 Å². The summed E-state index contributed by atoms with van der Waals surface area (Å²) in [5.41, 5.74) is 1.26. The Morgan fingerprint density at radius 3 is 2.94 bits per heavy atom. The number of rotatable bonds is 1. The van der Waals surface area contributed by atoms with Gasteiger partial charge in [0, 0.05) is 11.6 Å². The van der Waals surface area contributed by atoms with Crippen LogP contribution in [0.4, 0.5) is 0 Å². The van der Waals surface area contributed by atoms with Gasteiger partial charge >= 0.3 is 0 Å². The molecule has 1 atom stereocenters. The highest BCUT2D eigenvalue weighted by Gasteiger charge is 2.22. The topological polar surface area (TPSA) is 30.5 Å². The van der Waals surface area contributed by atoms with Gasteiger partial charge in [0.25, 0.3) is 0 Å². The first-order chi connectivity index (χ1) is 7.95. The minimum atomic E-state index is 0.436. The first-order valence-electron chi connectivity index (χ1n) is 6.07. The fourth-order valence-electron chi connectivity index (χ4n) is 2.49. The van der Waals surface area contributed by atoms with Gasteiger partial charge in [-0.3, -0.25) is 0 Å². The van der Waals surface area contributed by atoms with Gasteiger partial charge < -0.3 is 14.8 Å². The minimum absolute atomic E-state index is 0.436. The number of benzene rings is 1. The number of fused-ring (bicyclic) bond motifs is 1. The van der Waals surface area contributed by atoms with E-state index in [1.807, 2.05) is 6.07 Å². The summed E-state index contributed by atoms with van der Waals surface area (Å²) in [4.78, 5) is 0. The molecule has 1 fully saturated rings. The van der Waals surface area contributed by atoms with Crippen molar-refractivity contribution in [1.82, 2.24) is 5.32 Å². The Bertz CT molecular complexity index is 372. The second kappa shape index (κ2) is 4.34. The maximum absolute atomic E-state index is 5.74. The van der Waals surface area contributed by atoms with Gasteiger partial charge in [0.1, 0.15) is 13.2 Å². The van der Waals surface area contributed by atoms with E-state index in [-0.39, 0.29) is 0 Å². The van der Waals surface area contributed by atoms with Crippen LogP contribution in [0.1, 0.15) is 30.9 Å². The second-order valence-electron chi connectivity index (χ2n) is 4.37. The van der Waals surface area contributed by atoms with Gasteiger partial charge in [0.15, 0.2) is 11.5 Å². The van der Waals surface area contributed by atoms with Crippen LogP contribution < -0.4 is 14.8 Å². The Hall–Kier alpha value is -1.22. The van der Waals surface area contributed by atoms with Crippen LogP contribution in [-0.4, -0.2) is 19.8 Å². The van der Waals surface area contributed by atoms with E-state index in [1.165, 1.54) is 24.8 Å². The third kappa shape index (κ3) is 1.76. The molecule has 16 heavy (non-hydrogen) atoms. The summed E-state index contributed by atoms with van der Waals surface area (Å²) >= 11 is 0. The van der Waals surface area contributed by atoms with Crippen LogP contribution in [0.3, 0.4) is 0 Å². The average molecular weight is 219 g/mol. The van der Waals surface area contributed by atoms with Crippen molar-refractivity contribution in [2.45, 2.75) is 25.3 Å². The number of hydrogen-bond acceptors (Lipinski definition) is 3. The van der Waals surface area contributed by atoms with Crippen molar-refractivity contribution in [3.05, 3.63) is 23.8 Å². The summed E-state index contributed by atoms with van der Waals surface area (Å²) in [5.74, 6) is 1.85. The smallest absolute Gasteiger partial charge is 0.166 e. The molecular formula is C13H17NO2. The molecule has 0 saturated carbocycles. The molecule has 1 saturated heterocycles. The third-order valence-electron chi connectivity index (χ3n) is 3.28. The molecule has 0 aromatic heterocycles. The van der Waals surface area contributed by atoms with Crippen LogP contribution in [0.2, 0.25) is 0 Å². The van der Waals surface area contributed by atoms with Crippen LogP contribution in [0.5, 0.6) is 11.5 Å². The Morgan fingerprint density at radius 2 is 2.06 bits per heavy atom. The molecule has 2 heterocycles. The number of para-hydroxylation sites is 1. The van der Waals surface area contributed by atoms with E-state index in [9.17, 15) is 0 Å². The van der Waals surface area contributed by atoms with Crippen LogP contribution in [-0.2, 0) is 0 Å². The average Bonchev–Trinajstić information content (AvgIpc) is 2.39. The lowest BCUT2D eigenvalue weighted by atomic mass is 9.96. The first kappa shape index (κ1) is 9.97. The third-order valence-corrected chi connectivity index (χ3v) is 3.28. The summed E-state index contributed by atoms with van der Waals surface area (Å²) in [7, 11) is 0. The summed E-state index contributed by atoms with van der Waals surface area (Å²) in [6.07, 6.45) is 3.77. The summed E-state index contributed by atoms with van der Waals surface area (Å²) in [6.45, 7) is 2.43. The molecule has 1 N–H and O–H groups in total. The van der Waals surface area contributed by atoms with Gasteiger partial charge in [-0.1, -0.05) is 18.6 Å². The largest absolute Gasteiger partial charge is 0.486 e. The van der Waals surface area contributed by atoms with E-state index < -0.39 is 0 Å². The molecule has 3 rings (SSSR count). The molecule has 86 valence electrons. The van der Waals surface area contributed by atoms with E-state index in [0.717, 1.165) is 18.0 Å². The fraction of sp³-hybridized carbons (Fsp3) is 0.538. The summed E-state index contributed by atoms with van der Waals surface area (Å²) < 4.78 is 11.3. The van der Waals surface area contributed by atoms with Crippen molar-refractivity contribution >= 4 is 0 Å². The van der Waals surface area contributed by atoms with Crippen LogP contribution >= 0.6 is 0 Å². The second-order valence-corrected chi connectivity index (χ2v) is 4.37. The molecule has 2 aliphatic rings. The Morgan fingerprint density at radius 1 is 1.12 bits per heavy atom. The SMILES string of the molecule is c1cc2c(c(C3CCCCN3)c1)OCCO2.